The Balaban J connectivity index is 1.28. The number of aromatic nitrogens is 1. The van der Waals surface area contributed by atoms with E-state index >= 15 is 0 Å². The van der Waals surface area contributed by atoms with Gasteiger partial charge in [-0.05, 0) is 63.2 Å². The molecule has 0 saturated carbocycles. The number of para-hydroxylation sites is 1. The summed E-state index contributed by atoms with van der Waals surface area (Å²) in [4.78, 5) is 20.3. The molecule has 1 aromatic heterocycles. The number of rotatable bonds is 6. The standard InChI is InChI=1S/C22H31N3O2/c26-21(10-5-7-18-15-23-20-9-2-1-8-19(18)20)25-14-6-11-22(27,17-25)16-24-12-3-4-13-24/h1-2,8-9,15,23,27H,3-7,10-14,16-17H2/t22-/m0/s1. The molecule has 146 valence electrons. The Morgan fingerprint density at radius 1 is 1.15 bits per heavy atom. The molecule has 1 aromatic carbocycles. The van der Waals surface area contributed by atoms with Gasteiger partial charge in [0.05, 0.1) is 12.1 Å². The lowest BCUT2D eigenvalue weighted by Gasteiger charge is -2.41. The molecule has 2 saturated heterocycles. The summed E-state index contributed by atoms with van der Waals surface area (Å²) in [5, 5.41) is 12.3. The van der Waals surface area contributed by atoms with Crippen molar-refractivity contribution in [2.75, 3.05) is 32.7 Å². The molecule has 0 unspecified atom stereocenters. The summed E-state index contributed by atoms with van der Waals surface area (Å²) < 4.78 is 0. The topological polar surface area (TPSA) is 59.6 Å². The average molecular weight is 370 g/mol. The molecule has 0 bridgehead atoms. The SMILES string of the molecule is O=C(CCCc1c[nH]c2ccccc12)N1CCC[C@](O)(CN2CCCC2)C1. The van der Waals surface area contributed by atoms with Gasteiger partial charge in [-0.3, -0.25) is 4.79 Å². The molecule has 0 radical (unpaired) electrons. The molecule has 0 spiro atoms. The lowest BCUT2D eigenvalue weighted by molar-refractivity contribution is -0.139. The molecule has 5 nitrogen and oxygen atoms in total. The lowest BCUT2D eigenvalue weighted by Crippen LogP contribution is -2.55. The minimum Gasteiger partial charge on any atom is -0.387 e. The van der Waals surface area contributed by atoms with Gasteiger partial charge in [0.2, 0.25) is 5.91 Å². The number of H-pyrrole nitrogens is 1. The molecule has 2 aliphatic heterocycles. The van der Waals surface area contributed by atoms with E-state index in [9.17, 15) is 9.90 Å². The van der Waals surface area contributed by atoms with Gasteiger partial charge in [0.15, 0.2) is 0 Å². The quantitative estimate of drug-likeness (QED) is 0.823. The first-order chi connectivity index (χ1) is 13.1. The number of fused-ring (bicyclic) bond motifs is 1. The molecule has 1 atom stereocenters. The Morgan fingerprint density at radius 3 is 2.81 bits per heavy atom. The highest BCUT2D eigenvalue weighted by Crippen LogP contribution is 2.25. The maximum atomic E-state index is 12.7. The summed E-state index contributed by atoms with van der Waals surface area (Å²) in [5.74, 6) is 0.189. The van der Waals surface area contributed by atoms with Crippen LogP contribution in [0.15, 0.2) is 30.5 Å². The average Bonchev–Trinajstić information content (AvgIpc) is 3.31. The largest absolute Gasteiger partial charge is 0.387 e. The summed E-state index contributed by atoms with van der Waals surface area (Å²) in [6.45, 7) is 4.16. The maximum Gasteiger partial charge on any atom is 0.222 e. The van der Waals surface area contributed by atoms with Crippen LogP contribution in [0.3, 0.4) is 0 Å². The fraction of sp³-hybridized carbons (Fsp3) is 0.591. The molecule has 27 heavy (non-hydrogen) atoms. The minimum absolute atomic E-state index is 0.189. The van der Waals surface area contributed by atoms with Crippen molar-refractivity contribution in [3.8, 4) is 0 Å². The molecule has 2 N–H and O–H groups in total. The van der Waals surface area contributed by atoms with Gasteiger partial charge in [0, 0.05) is 36.6 Å². The van der Waals surface area contributed by atoms with Gasteiger partial charge in [-0.1, -0.05) is 18.2 Å². The number of benzene rings is 1. The van der Waals surface area contributed by atoms with Crippen LogP contribution in [0.4, 0.5) is 0 Å². The van der Waals surface area contributed by atoms with Crippen LogP contribution in [0.25, 0.3) is 10.9 Å². The molecule has 5 heteroatoms. The van der Waals surface area contributed by atoms with Gasteiger partial charge in [0.25, 0.3) is 0 Å². The predicted molar refractivity (Wildman–Crippen MR) is 108 cm³/mol. The van der Waals surface area contributed by atoms with E-state index in [1.54, 1.807) is 0 Å². The number of carbonyl (C=O) groups excluding carboxylic acids is 1. The van der Waals surface area contributed by atoms with Crippen LogP contribution in [0.5, 0.6) is 0 Å². The second-order valence-electron chi connectivity index (χ2n) is 8.34. The molecule has 2 fully saturated rings. The first kappa shape index (κ1) is 18.5. The van der Waals surface area contributed by atoms with E-state index in [0.717, 1.165) is 50.8 Å². The number of aryl methyl sites for hydroxylation is 1. The van der Waals surface area contributed by atoms with Crippen molar-refractivity contribution in [3.05, 3.63) is 36.0 Å². The molecule has 1 amide bonds. The highest BCUT2D eigenvalue weighted by molar-refractivity contribution is 5.83. The van der Waals surface area contributed by atoms with Crippen LogP contribution in [-0.2, 0) is 11.2 Å². The third-order valence-electron chi connectivity index (χ3n) is 6.14. The fourth-order valence-corrected chi connectivity index (χ4v) is 4.74. The Bertz CT molecular complexity index is 781. The monoisotopic (exact) mass is 369 g/mol. The first-order valence-electron chi connectivity index (χ1n) is 10.4. The van der Waals surface area contributed by atoms with E-state index in [2.05, 4.69) is 34.3 Å². The number of nitrogens with zero attached hydrogens (tertiary/aromatic N) is 2. The molecule has 0 aliphatic carbocycles. The van der Waals surface area contributed by atoms with Gasteiger partial charge < -0.3 is 19.9 Å². The summed E-state index contributed by atoms with van der Waals surface area (Å²) >= 11 is 0. The molecule has 2 aliphatic rings. The number of aliphatic hydroxyl groups is 1. The van der Waals surface area contributed by atoms with Crippen LogP contribution in [0.1, 0.15) is 44.1 Å². The zero-order valence-electron chi connectivity index (χ0n) is 16.1. The Hall–Kier alpha value is -1.85. The summed E-state index contributed by atoms with van der Waals surface area (Å²) in [6, 6.07) is 8.30. The van der Waals surface area contributed by atoms with Crippen molar-refractivity contribution < 1.29 is 9.90 Å². The number of hydrogen-bond donors (Lipinski definition) is 2. The molecule has 3 heterocycles. The van der Waals surface area contributed by atoms with Crippen LogP contribution in [-0.4, -0.2) is 64.1 Å². The number of carbonyl (C=O) groups is 1. The predicted octanol–water partition coefficient (Wildman–Crippen LogP) is 2.94. The van der Waals surface area contributed by atoms with Crippen molar-refractivity contribution in [2.24, 2.45) is 0 Å². The van der Waals surface area contributed by atoms with Crippen LogP contribution >= 0.6 is 0 Å². The highest BCUT2D eigenvalue weighted by Gasteiger charge is 2.36. The van der Waals surface area contributed by atoms with E-state index in [-0.39, 0.29) is 5.91 Å². The molecule has 4 rings (SSSR count). The third-order valence-corrected chi connectivity index (χ3v) is 6.14. The maximum absolute atomic E-state index is 12.7. The molecular formula is C22H31N3O2. The van der Waals surface area contributed by atoms with Crippen molar-refractivity contribution in [2.45, 2.75) is 50.5 Å². The number of aromatic amines is 1. The van der Waals surface area contributed by atoms with Crippen molar-refractivity contribution in [1.29, 1.82) is 0 Å². The zero-order valence-corrected chi connectivity index (χ0v) is 16.1. The number of amides is 1. The van der Waals surface area contributed by atoms with Crippen molar-refractivity contribution in [3.63, 3.8) is 0 Å². The molecule has 2 aromatic rings. The Labute approximate surface area is 161 Å². The van der Waals surface area contributed by atoms with E-state index < -0.39 is 5.60 Å². The van der Waals surface area contributed by atoms with Crippen molar-refractivity contribution >= 4 is 16.8 Å². The number of β-amino-alcohol motifs (C(OH)–C–C–N with tert-alkyl or cyclic N) is 1. The van der Waals surface area contributed by atoms with E-state index in [4.69, 9.17) is 0 Å². The molecular weight excluding hydrogens is 338 g/mol. The number of hydrogen-bond acceptors (Lipinski definition) is 3. The summed E-state index contributed by atoms with van der Waals surface area (Å²) in [6.07, 6.45) is 8.54. The smallest absolute Gasteiger partial charge is 0.222 e. The second-order valence-corrected chi connectivity index (χ2v) is 8.34. The first-order valence-corrected chi connectivity index (χ1v) is 10.4. The third kappa shape index (κ3) is 4.36. The van der Waals surface area contributed by atoms with E-state index in [1.165, 1.54) is 23.8 Å². The number of likely N-dealkylation sites (tertiary alicyclic amines) is 2. The highest BCUT2D eigenvalue weighted by atomic mass is 16.3. The normalized spacial score (nSPS) is 24.0. The Morgan fingerprint density at radius 2 is 1.96 bits per heavy atom. The zero-order chi connectivity index (χ0) is 18.7. The van der Waals surface area contributed by atoms with Gasteiger partial charge in [-0.25, -0.2) is 0 Å². The van der Waals surface area contributed by atoms with Gasteiger partial charge >= 0.3 is 0 Å². The van der Waals surface area contributed by atoms with Gasteiger partial charge in [0.1, 0.15) is 0 Å². The number of piperidine rings is 1. The minimum atomic E-state index is -0.727. The van der Waals surface area contributed by atoms with Crippen LogP contribution in [0, 0.1) is 0 Å². The van der Waals surface area contributed by atoms with Crippen molar-refractivity contribution in [1.82, 2.24) is 14.8 Å². The van der Waals surface area contributed by atoms with Crippen LogP contribution in [0.2, 0.25) is 0 Å². The van der Waals surface area contributed by atoms with Gasteiger partial charge in [-0.15, -0.1) is 0 Å². The fourth-order valence-electron chi connectivity index (χ4n) is 4.74. The number of nitrogens with one attached hydrogen (secondary N) is 1. The lowest BCUT2D eigenvalue weighted by atomic mass is 9.92. The van der Waals surface area contributed by atoms with E-state index in [0.29, 0.717) is 19.5 Å². The second kappa shape index (κ2) is 8.03. The van der Waals surface area contributed by atoms with E-state index in [1.807, 2.05) is 11.0 Å². The summed E-state index contributed by atoms with van der Waals surface area (Å²) in [5.41, 5.74) is 1.71. The Kier molecular flexibility index (Phi) is 5.50. The summed E-state index contributed by atoms with van der Waals surface area (Å²) in [7, 11) is 0. The van der Waals surface area contributed by atoms with Gasteiger partial charge in [-0.2, -0.15) is 0 Å². The van der Waals surface area contributed by atoms with Crippen LogP contribution < -0.4 is 0 Å².